The SMILES string of the molecule is CC(CNc1ccc(C(F)(F)F)cn1)c1ccccc1. The molecule has 1 atom stereocenters. The van der Waals surface area contributed by atoms with Crippen molar-refractivity contribution in [2.75, 3.05) is 11.9 Å². The van der Waals surface area contributed by atoms with Crippen molar-refractivity contribution in [3.8, 4) is 0 Å². The van der Waals surface area contributed by atoms with Gasteiger partial charge in [0.25, 0.3) is 0 Å². The molecule has 0 saturated carbocycles. The number of halogens is 3. The third kappa shape index (κ3) is 3.73. The number of rotatable bonds is 4. The van der Waals surface area contributed by atoms with E-state index in [2.05, 4.69) is 10.3 Å². The summed E-state index contributed by atoms with van der Waals surface area (Å²) in [6.45, 7) is 2.66. The number of aromatic nitrogens is 1. The smallest absolute Gasteiger partial charge is 0.369 e. The van der Waals surface area contributed by atoms with Gasteiger partial charge in [-0.1, -0.05) is 37.3 Å². The lowest BCUT2D eigenvalue weighted by Gasteiger charge is -2.14. The Bertz CT molecular complexity index is 535. The van der Waals surface area contributed by atoms with Crippen LogP contribution in [-0.4, -0.2) is 11.5 Å². The summed E-state index contributed by atoms with van der Waals surface area (Å²) < 4.78 is 37.2. The number of hydrogen-bond acceptors (Lipinski definition) is 2. The molecule has 2 nitrogen and oxygen atoms in total. The average molecular weight is 280 g/mol. The van der Waals surface area contributed by atoms with Crippen LogP contribution >= 0.6 is 0 Å². The first-order valence-corrected chi connectivity index (χ1v) is 6.29. The summed E-state index contributed by atoms with van der Waals surface area (Å²) in [5.74, 6) is 0.695. The summed E-state index contributed by atoms with van der Waals surface area (Å²) in [6.07, 6.45) is -3.50. The zero-order valence-corrected chi connectivity index (χ0v) is 11.0. The number of hydrogen-bond donors (Lipinski definition) is 1. The summed E-state index contributed by atoms with van der Waals surface area (Å²) in [5.41, 5.74) is 0.436. The highest BCUT2D eigenvalue weighted by molar-refractivity contribution is 5.37. The molecule has 1 heterocycles. The van der Waals surface area contributed by atoms with E-state index in [0.717, 1.165) is 12.3 Å². The van der Waals surface area contributed by atoms with Crippen molar-refractivity contribution < 1.29 is 13.2 Å². The second-order valence-corrected chi connectivity index (χ2v) is 4.62. The lowest BCUT2D eigenvalue weighted by molar-refractivity contribution is -0.137. The van der Waals surface area contributed by atoms with Gasteiger partial charge in [0.05, 0.1) is 5.56 Å². The zero-order valence-electron chi connectivity index (χ0n) is 11.0. The fourth-order valence-corrected chi connectivity index (χ4v) is 1.82. The summed E-state index contributed by atoms with van der Waals surface area (Å²) in [5, 5.41) is 3.04. The Morgan fingerprint density at radius 2 is 1.80 bits per heavy atom. The molecule has 1 aromatic heterocycles. The van der Waals surface area contributed by atoms with Crippen molar-refractivity contribution in [3.05, 3.63) is 59.8 Å². The quantitative estimate of drug-likeness (QED) is 0.902. The van der Waals surface area contributed by atoms with Crippen LogP contribution in [0.4, 0.5) is 19.0 Å². The van der Waals surface area contributed by atoms with Gasteiger partial charge in [-0.3, -0.25) is 0 Å². The molecule has 106 valence electrons. The topological polar surface area (TPSA) is 24.9 Å². The standard InChI is InChI=1S/C15H15F3N2/c1-11(12-5-3-2-4-6-12)9-19-14-8-7-13(10-20-14)15(16,17)18/h2-8,10-11H,9H2,1H3,(H,19,20). The Labute approximate surface area is 115 Å². The molecule has 1 aromatic carbocycles. The molecule has 0 saturated heterocycles. The molecule has 1 N–H and O–H groups in total. The first kappa shape index (κ1) is 14.4. The summed E-state index contributed by atoms with van der Waals surface area (Å²) in [7, 11) is 0. The Morgan fingerprint density at radius 1 is 1.10 bits per heavy atom. The summed E-state index contributed by atoms with van der Waals surface area (Å²) >= 11 is 0. The van der Waals surface area contributed by atoms with Crippen molar-refractivity contribution in [3.63, 3.8) is 0 Å². The molecule has 2 aromatic rings. The van der Waals surface area contributed by atoms with E-state index in [4.69, 9.17) is 0 Å². The number of nitrogens with zero attached hydrogens (tertiary/aromatic N) is 1. The van der Waals surface area contributed by atoms with E-state index in [1.807, 2.05) is 37.3 Å². The van der Waals surface area contributed by atoms with Crippen LogP contribution in [0.25, 0.3) is 0 Å². The number of pyridine rings is 1. The van der Waals surface area contributed by atoms with Crippen LogP contribution in [0.5, 0.6) is 0 Å². The lowest BCUT2D eigenvalue weighted by Crippen LogP contribution is -2.11. The molecule has 0 aliphatic carbocycles. The number of benzene rings is 1. The first-order chi connectivity index (χ1) is 9.47. The van der Waals surface area contributed by atoms with E-state index in [1.165, 1.54) is 11.6 Å². The molecule has 20 heavy (non-hydrogen) atoms. The molecule has 5 heteroatoms. The van der Waals surface area contributed by atoms with E-state index < -0.39 is 11.7 Å². The minimum Gasteiger partial charge on any atom is -0.369 e. The molecule has 0 spiro atoms. The second-order valence-electron chi connectivity index (χ2n) is 4.62. The summed E-state index contributed by atoms with van der Waals surface area (Å²) in [4.78, 5) is 3.78. The van der Waals surface area contributed by atoms with Crippen molar-refractivity contribution in [1.82, 2.24) is 4.98 Å². The highest BCUT2D eigenvalue weighted by Crippen LogP contribution is 2.28. The van der Waals surface area contributed by atoms with Crippen LogP contribution < -0.4 is 5.32 Å². The Hall–Kier alpha value is -2.04. The highest BCUT2D eigenvalue weighted by atomic mass is 19.4. The maximum absolute atomic E-state index is 12.4. The van der Waals surface area contributed by atoms with Gasteiger partial charge in [-0.05, 0) is 23.6 Å². The van der Waals surface area contributed by atoms with Gasteiger partial charge in [0.1, 0.15) is 5.82 Å². The number of alkyl halides is 3. The van der Waals surface area contributed by atoms with Gasteiger partial charge in [-0.15, -0.1) is 0 Å². The van der Waals surface area contributed by atoms with Crippen molar-refractivity contribution in [2.45, 2.75) is 19.0 Å². The van der Waals surface area contributed by atoms with Crippen molar-refractivity contribution in [1.29, 1.82) is 0 Å². The van der Waals surface area contributed by atoms with Crippen LogP contribution in [0.15, 0.2) is 48.7 Å². The third-order valence-corrected chi connectivity index (χ3v) is 3.05. The van der Waals surface area contributed by atoms with Crippen molar-refractivity contribution in [2.24, 2.45) is 0 Å². The van der Waals surface area contributed by atoms with E-state index in [9.17, 15) is 13.2 Å². The Kier molecular flexibility index (Phi) is 4.27. The van der Waals surface area contributed by atoms with Gasteiger partial charge in [-0.2, -0.15) is 13.2 Å². The average Bonchev–Trinajstić information content (AvgIpc) is 2.45. The first-order valence-electron chi connectivity index (χ1n) is 6.29. The fourth-order valence-electron chi connectivity index (χ4n) is 1.82. The van der Waals surface area contributed by atoms with Crippen LogP contribution in [0.3, 0.4) is 0 Å². The summed E-state index contributed by atoms with van der Waals surface area (Å²) in [6, 6.07) is 12.3. The van der Waals surface area contributed by atoms with E-state index >= 15 is 0 Å². The predicted octanol–water partition coefficient (Wildman–Crippen LogP) is 4.32. The number of nitrogens with one attached hydrogen (secondary N) is 1. The molecule has 0 aliphatic rings. The van der Waals surface area contributed by atoms with Gasteiger partial charge in [0.2, 0.25) is 0 Å². The fraction of sp³-hybridized carbons (Fsp3) is 0.267. The van der Waals surface area contributed by atoms with E-state index in [1.54, 1.807) is 0 Å². The van der Waals surface area contributed by atoms with Gasteiger partial charge < -0.3 is 5.32 Å². The third-order valence-electron chi connectivity index (χ3n) is 3.05. The monoisotopic (exact) mass is 280 g/mol. The molecule has 2 rings (SSSR count). The van der Waals surface area contributed by atoms with Gasteiger partial charge in [-0.25, -0.2) is 4.98 Å². The molecular formula is C15H15F3N2. The Morgan fingerprint density at radius 3 is 2.35 bits per heavy atom. The molecule has 1 unspecified atom stereocenters. The molecule has 0 bridgehead atoms. The van der Waals surface area contributed by atoms with Crippen molar-refractivity contribution >= 4 is 5.82 Å². The zero-order chi connectivity index (χ0) is 14.6. The van der Waals surface area contributed by atoms with E-state index in [-0.39, 0.29) is 5.92 Å². The van der Waals surface area contributed by atoms with Crippen LogP contribution in [-0.2, 0) is 6.18 Å². The molecule has 0 amide bonds. The normalized spacial score (nSPS) is 13.0. The second kappa shape index (κ2) is 5.94. The van der Waals surface area contributed by atoms with Crippen LogP contribution in [0.2, 0.25) is 0 Å². The molecule has 0 fully saturated rings. The van der Waals surface area contributed by atoms with Crippen LogP contribution in [0.1, 0.15) is 24.0 Å². The highest BCUT2D eigenvalue weighted by Gasteiger charge is 2.30. The van der Waals surface area contributed by atoms with Gasteiger partial charge in [0, 0.05) is 12.7 Å². The largest absolute Gasteiger partial charge is 0.417 e. The predicted molar refractivity (Wildman–Crippen MR) is 72.6 cm³/mol. The molecule has 0 radical (unpaired) electrons. The molecular weight excluding hydrogens is 265 g/mol. The minimum absolute atomic E-state index is 0.250. The number of anilines is 1. The Balaban J connectivity index is 1.94. The van der Waals surface area contributed by atoms with E-state index in [0.29, 0.717) is 12.4 Å². The van der Waals surface area contributed by atoms with Crippen LogP contribution in [0, 0.1) is 0 Å². The maximum atomic E-state index is 12.4. The van der Waals surface area contributed by atoms with Gasteiger partial charge in [0.15, 0.2) is 0 Å². The minimum atomic E-state index is -4.34. The molecule has 0 aliphatic heterocycles. The lowest BCUT2D eigenvalue weighted by atomic mass is 10.0. The maximum Gasteiger partial charge on any atom is 0.417 e. The van der Waals surface area contributed by atoms with Gasteiger partial charge >= 0.3 is 6.18 Å².